The molecule has 1 aromatic rings. The molecule has 2 unspecified atom stereocenters. The maximum atomic E-state index is 13.2. The maximum Gasteiger partial charge on any atom is 0.407 e. The van der Waals surface area contributed by atoms with Crippen LogP contribution in [0, 0.1) is 5.82 Å². The van der Waals surface area contributed by atoms with E-state index in [9.17, 15) is 9.18 Å². The molecule has 2 N–H and O–H groups in total. The number of hydrogen-bond acceptors (Lipinski definition) is 3. The van der Waals surface area contributed by atoms with E-state index in [0.717, 1.165) is 24.9 Å². The average Bonchev–Trinajstić information content (AvgIpc) is 2.78. The number of amides is 1. The summed E-state index contributed by atoms with van der Waals surface area (Å²) >= 11 is 3.18. The highest BCUT2D eigenvalue weighted by Crippen LogP contribution is 2.26. The second-order valence-corrected chi connectivity index (χ2v) is 7.48. The second kappa shape index (κ2) is 6.86. The van der Waals surface area contributed by atoms with Crippen molar-refractivity contribution in [1.82, 2.24) is 5.32 Å². The molecule has 1 fully saturated rings. The van der Waals surface area contributed by atoms with Gasteiger partial charge in [0, 0.05) is 17.8 Å². The van der Waals surface area contributed by atoms with Crippen LogP contribution in [0.1, 0.15) is 40.0 Å². The van der Waals surface area contributed by atoms with E-state index in [1.165, 1.54) is 6.07 Å². The van der Waals surface area contributed by atoms with E-state index in [0.29, 0.717) is 4.47 Å². The lowest BCUT2D eigenvalue weighted by molar-refractivity contribution is 0.0505. The van der Waals surface area contributed by atoms with Gasteiger partial charge in [-0.2, -0.15) is 0 Å². The van der Waals surface area contributed by atoms with Crippen LogP contribution in [0.15, 0.2) is 22.7 Å². The van der Waals surface area contributed by atoms with Crippen LogP contribution >= 0.6 is 15.9 Å². The minimum absolute atomic E-state index is 0.108. The standard InChI is InChI=1S/C16H22BrFN2O2/c1-16(2,3)22-15(21)20-11-5-4-10(8-11)19-12-6-7-14(18)13(17)9-12/h6-7,9-11,19H,4-5,8H2,1-3H3,(H,20,21). The number of ether oxygens (including phenoxy) is 1. The van der Waals surface area contributed by atoms with Crippen LogP contribution in [0.4, 0.5) is 14.9 Å². The molecule has 1 aliphatic carbocycles. The summed E-state index contributed by atoms with van der Waals surface area (Å²) < 4.78 is 18.9. The Kier molecular flexibility index (Phi) is 5.32. The Balaban J connectivity index is 1.82. The molecule has 122 valence electrons. The highest BCUT2D eigenvalue weighted by molar-refractivity contribution is 9.10. The fourth-order valence-electron chi connectivity index (χ4n) is 2.54. The Hall–Kier alpha value is -1.30. The van der Waals surface area contributed by atoms with E-state index in [1.807, 2.05) is 20.8 Å². The van der Waals surface area contributed by atoms with E-state index in [-0.39, 0.29) is 24.0 Å². The smallest absolute Gasteiger partial charge is 0.407 e. The zero-order chi connectivity index (χ0) is 16.3. The monoisotopic (exact) mass is 372 g/mol. The van der Waals surface area contributed by atoms with E-state index < -0.39 is 5.60 Å². The van der Waals surface area contributed by atoms with Crippen LogP contribution in [0.5, 0.6) is 0 Å². The molecule has 4 nitrogen and oxygen atoms in total. The predicted molar refractivity (Wildman–Crippen MR) is 88.5 cm³/mol. The Labute approximate surface area is 138 Å². The lowest BCUT2D eigenvalue weighted by Gasteiger charge is -2.22. The van der Waals surface area contributed by atoms with Crippen molar-refractivity contribution in [2.24, 2.45) is 0 Å². The molecule has 1 saturated carbocycles. The largest absolute Gasteiger partial charge is 0.444 e. The van der Waals surface area contributed by atoms with Gasteiger partial charge in [-0.3, -0.25) is 0 Å². The lowest BCUT2D eigenvalue weighted by atomic mass is 10.2. The zero-order valence-electron chi connectivity index (χ0n) is 13.1. The molecule has 0 heterocycles. The summed E-state index contributed by atoms with van der Waals surface area (Å²) in [5, 5.41) is 6.27. The van der Waals surface area contributed by atoms with E-state index >= 15 is 0 Å². The SMILES string of the molecule is CC(C)(C)OC(=O)NC1CCC(Nc2ccc(F)c(Br)c2)C1. The Morgan fingerprint density at radius 1 is 1.32 bits per heavy atom. The van der Waals surface area contributed by atoms with Crippen molar-refractivity contribution in [2.45, 2.75) is 57.7 Å². The fourth-order valence-corrected chi connectivity index (χ4v) is 2.92. The summed E-state index contributed by atoms with van der Waals surface area (Å²) in [7, 11) is 0. The highest BCUT2D eigenvalue weighted by atomic mass is 79.9. The van der Waals surface area contributed by atoms with E-state index in [4.69, 9.17) is 4.74 Å². The minimum atomic E-state index is -0.485. The third-order valence-corrected chi connectivity index (χ3v) is 4.05. The van der Waals surface area contributed by atoms with Gasteiger partial charge in [0.05, 0.1) is 4.47 Å². The normalized spacial score (nSPS) is 21.5. The number of carbonyl (C=O) groups is 1. The van der Waals surface area contributed by atoms with Crippen molar-refractivity contribution in [3.8, 4) is 0 Å². The predicted octanol–water partition coefficient (Wildman–Crippen LogP) is 4.45. The van der Waals surface area contributed by atoms with E-state index in [2.05, 4.69) is 26.6 Å². The summed E-state index contributed by atoms with van der Waals surface area (Å²) in [4.78, 5) is 11.8. The van der Waals surface area contributed by atoms with Gasteiger partial charge in [-0.1, -0.05) is 0 Å². The molecule has 0 aliphatic heterocycles. The number of alkyl carbamates (subject to hydrolysis) is 1. The highest BCUT2D eigenvalue weighted by Gasteiger charge is 2.27. The lowest BCUT2D eigenvalue weighted by Crippen LogP contribution is -2.38. The minimum Gasteiger partial charge on any atom is -0.444 e. The number of anilines is 1. The van der Waals surface area contributed by atoms with Crippen molar-refractivity contribution >= 4 is 27.7 Å². The Morgan fingerprint density at radius 3 is 2.64 bits per heavy atom. The quantitative estimate of drug-likeness (QED) is 0.823. The summed E-state index contributed by atoms with van der Waals surface area (Å²) in [6, 6.07) is 5.24. The Morgan fingerprint density at radius 2 is 2.00 bits per heavy atom. The van der Waals surface area contributed by atoms with Gasteiger partial charge in [0.1, 0.15) is 11.4 Å². The van der Waals surface area contributed by atoms with Gasteiger partial charge in [-0.25, -0.2) is 9.18 Å². The molecule has 0 spiro atoms. The maximum absolute atomic E-state index is 13.2. The number of carbonyl (C=O) groups excluding carboxylic acids is 1. The van der Waals surface area contributed by atoms with Gasteiger partial charge in [-0.05, 0) is 74.2 Å². The van der Waals surface area contributed by atoms with Crippen molar-refractivity contribution < 1.29 is 13.9 Å². The van der Waals surface area contributed by atoms with Crippen LogP contribution in [0.3, 0.4) is 0 Å². The molecular weight excluding hydrogens is 351 g/mol. The molecule has 1 aromatic carbocycles. The first-order valence-electron chi connectivity index (χ1n) is 7.44. The molecule has 0 bridgehead atoms. The topological polar surface area (TPSA) is 50.4 Å². The molecule has 1 amide bonds. The first-order chi connectivity index (χ1) is 10.2. The molecule has 22 heavy (non-hydrogen) atoms. The van der Waals surface area contributed by atoms with Gasteiger partial charge < -0.3 is 15.4 Å². The van der Waals surface area contributed by atoms with E-state index in [1.54, 1.807) is 12.1 Å². The van der Waals surface area contributed by atoms with Gasteiger partial charge in [0.15, 0.2) is 0 Å². The van der Waals surface area contributed by atoms with Crippen LogP contribution in [-0.2, 0) is 4.74 Å². The van der Waals surface area contributed by atoms with Crippen LogP contribution in [0.2, 0.25) is 0 Å². The average molecular weight is 373 g/mol. The molecular formula is C16H22BrFN2O2. The number of benzene rings is 1. The first kappa shape index (κ1) is 17.1. The Bertz CT molecular complexity index is 545. The number of nitrogens with one attached hydrogen (secondary N) is 2. The molecule has 1 aliphatic rings. The molecule has 6 heteroatoms. The second-order valence-electron chi connectivity index (χ2n) is 6.63. The molecule has 0 radical (unpaired) electrons. The van der Waals surface area contributed by atoms with Crippen molar-refractivity contribution in [3.05, 3.63) is 28.5 Å². The molecule has 2 rings (SSSR count). The van der Waals surface area contributed by atoms with Crippen molar-refractivity contribution in [1.29, 1.82) is 0 Å². The third-order valence-electron chi connectivity index (χ3n) is 3.44. The zero-order valence-corrected chi connectivity index (χ0v) is 14.7. The van der Waals surface area contributed by atoms with Gasteiger partial charge in [0.25, 0.3) is 0 Å². The van der Waals surface area contributed by atoms with Gasteiger partial charge in [0.2, 0.25) is 0 Å². The van der Waals surface area contributed by atoms with Gasteiger partial charge >= 0.3 is 6.09 Å². The van der Waals surface area contributed by atoms with Crippen LogP contribution < -0.4 is 10.6 Å². The molecule has 2 atom stereocenters. The summed E-state index contributed by atoms with van der Waals surface area (Å²) in [5.74, 6) is -0.276. The summed E-state index contributed by atoms with van der Waals surface area (Å²) in [6.07, 6.45) is 2.31. The molecule has 0 saturated heterocycles. The van der Waals surface area contributed by atoms with Crippen molar-refractivity contribution in [3.63, 3.8) is 0 Å². The summed E-state index contributed by atoms with van der Waals surface area (Å²) in [5.41, 5.74) is 0.386. The molecule has 0 aromatic heterocycles. The third kappa shape index (κ3) is 5.16. The number of halogens is 2. The fraction of sp³-hybridized carbons (Fsp3) is 0.562. The van der Waals surface area contributed by atoms with Crippen LogP contribution in [0.25, 0.3) is 0 Å². The van der Waals surface area contributed by atoms with Gasteiger partial charge in [-0.15, -0.1) is 0 Å². The summed E-state index contributed by atoms with van der Waals surface area (Å²) in [6.45, 7) is 5.54. The number of rotatable bonds is 3. The number of hydrogen-bond donors (Lipinski definition) is 2. The first-order valence-corrected chi connectivity index (χ1v) is 8.23. The van der Waals surface area contributed by atoms with Crippen molar-refractivity contribution in [2.75, 3.05) is 5.32 Å². The van der Waals surface area contributed by atoms with Crippen LogP contribution in [-0.4, -0.2) is 23.8 Å².